The Morgan fingerprint density at radius 3 is 2.67 bits per heavy atom. The normalized spacial score (nSPS) is 17.6. The van der Waals surface area contributed by atoms with Gasteiger partial charge in [-0.3, -0.25) is 4.57 Å². The van der Waals surface area contributed by atoms with Crippen LogP contribution >= 0.6 is 15.9 Å². The fourth-order valence-electron chi connectivity index (χ4n) is 2.33. The quantitative estimate of drug-likeness (QED) is 0.804. The molecule has 0 amide bonds. The van der Waals surface area contributed by atoms with Crippen molar-refractivity contribution in [3.8, 4) is 0 Å². The summed E-state index contributed by atoms with van der Waals surface area (Å²) in [6.07, 6.45) is 3.19. The first-order valence-electron chi connectivity index (χ1n) is 6.66. The molecule has 0 N–H and O–H groups in total. The van der Waals surface area contributed by atoms with Crippen LogP contribution in [0.25, 0.3) is 0 Å². The number of halogens is 1. The summed E-state index contributed by atoms with van der Waals surface area (Å²) < 4.78 is 3.51. The Morgan fingerprint density at radius 2 is 2.11 bits per heavy atom. The second-order valence-corrected chi connectivity index (χ2v) is 6.85. The number of fused-ring (bicyclic) bond motifs is 1. The molecule has 0 bridgehead atoms. The summed E-state index contributed by atoms with van der Waals surface area (Å²) in [5.41, 5.74) is 0.243. The lowest BCUT2D eigenvalue weighted by Gasteiger charge is -2.28. The molecule has 1 aliphatic rings. The number of alkyl halides is 1. The van der Waals surface area contributed by atoms with Gasteiger partial charge in [0.2, 0.25) is 0 Å². The van der Waals surface area contributed by atoms with Gasteiger partial charge in [-0.15, -0.1) is 0 Å². The highest BCUT2D eigenvalue weighted by Gasteiger charge is 2.26. The van der Waals surface area contributed by atoms with E-state index in [-0.39, 0.29) is 11.1 Å². The second kappa shape index (κ2) is 5.19. The van der Waals surface area contributed by atoms with Gasteiger partial charge in [0.25, 0.3) is 0 Å². The molecule has 0 fully saturated rings. The van der Waals surface area contributed by atoms with Crippen molar-refractivity contribution in [2.75, 3.05) is 5.33 Å². The molecule has 0 spiro atoms. The molecule has 4 nitrogen and oxygen atoms in total. The van der Waals surface area contributed by atoms with Gasteiger partial charge in [0, 0.05) is 18.3 Å². The van der Waals surface area contributed by atoms with E-state index < -0.39 is 0 Å². The average Bonchev–Trinajstić information content (AvgIpc) is 2.62. The lowest BCUT2D eigenvalue weighted by atomic mass is 9.82. The number of hydrogen-bond acceptors (Lipinski definition) is 2. The predicted molar refractivity (Wildman–Crippen MR) is 76.2 cm³/mol. The van der Waals surface area contributed by atoms with E-state index in [1.165, 1.54) is 0 Å². The molecule has 0 saturated heterocycles. The third-order valence-electron chi connectivity index (χ3n) is 3.84. The Hall–Kier alpha value is -0.580. The molecule has 1 aromatic heterocycles. The van der Waals surface area contributed by atoms with Crippen molar-refractivity contribution in [3.63, 3.8) is 0 Å². The van der Waals surface area contributed by atoms with Crippen molar-refractivity contribution in [1.29, 1.82) is 0 Å². The van der Waals surface area contributed by atoms with Gasteiger partial charge in [0.05, 0.1) is 6.54 Å². The minimum absolute atomic E-state index is 0.0694. The molecule has 1 aromatic rings. The van der Waals surface area contributed by atoms with Crippen molar-refractivity contribution < 1.29 is 0 Å². The van der Waals surface area contributed by atoms with Gasteiger partial charge in [-0.25, -0.2) is 9.48 Å². The molecule has 1 atom stereocenters. The maximum absolute atomic E-state index is 12.2. The van der Waals surface area contributed by atoms with E-state index >= 15 is 0 Å². The number of aromatic nitrogens is 3. The van der Waals surface area contributed by atoms with Gasteiger partial charge < -0.3 is 0 Å². The van der Waals surface area contributed by atoms with Gasteiger partial charge in [-0.05, 0) is 24.2 Å². The molecule has 2 rings (SSSR count). The van der Waals surface area contributed by atoms with Crippen LogP contribution in [0.4, 0.5) is 0 Å². The number of nitrogens with zero attached hydrogens (tertiary/aromatic N) is 3. The predicted octanol–water partition coefficient (Wildman–Crippen LogP) is 2.44. The third kappa shape index (κ3) is 2.71. The molecule has 0 aromatic carbocycles. The standard InChI is InChI=1S/C13H22BrN3O/c1-13(2,3)10(8-14)9-17-12(18)16-7-5-4-6-11(16)15-17/h10H,4-9H2,1-3H3. The number of rotatable bonds is 3. The molecule has 5 heteroatoms. The minimum atomic E-state index is 0.0694. The lowest BCUT2D eigenvalue weighted by Crippen LogP contribution is -2.33. The Bertz CT molecular complexity index is 470. The Morgan fingerprint density at radius 1 is 1.39 bits per heavy atom. The monoisotopic (exact) mass is 315 g/mol. The van der Waals surface area contributed by atoms with E-state index in [1.807, 2.05) is 4.57 Å². The van der Waals surface area contributed by atoms with Crippen LogP contribution in [0.1, 0.15) is 39.4 Å². The fourth-order valence-corrected chi connectivity index (χ4v) is 3.51. The molecular weight excluding hydrogens is 294 g/mol. The first kappa shape index (κ1) is 13.8. The molecule has 1 unspecified atom stereocenters. The molecule has 0 aliphatic carbocycles. The summed E-state index contributed by atoms with van der Waals surface area (Å²) in [5, 5.41) is 5.39. The van der Waals surface area contributed by atoms with Crippen LogP contribution in [0, 0.1) is 11.3 Å². The fraction of sp³-hybridized carbons (Fsp3) is 0.846. The summed E-state index contributed by atoms with van der Waals surface area (Å²) in [5.74, 6) is 1.38. The second-order valence-electron chi connectivity index (χ2n) is 6.21. The highest BCUT2D eigenvalue weighted by molar-refractivity contribution is 9.09. The van der Waals surface area contributed by atoms with E-state index in [9.17, 15) is 4.79 Å². The van der Waals surface area contributed by atoms with Gasteiger partial charge in [-0.2, -0.15) is 5.10 Å². The highest BCUT2D eigenvalue weighted by Crippen LogP contribution is 2.28. The first-order chi connectivity index (χ1) is 8.43. The van der Waals surface area contributed by atoms with Gasteiger partial charge in [0.1, 0.15) is 5.82 Å². The van der Waals surface area contributed by atoms with Crippen molar-refractivity contribution in [3.05, 3.63) is 16.3 Å². The zero-order valence-electron chi connectivity index (χ0n) is 11.4. The van der Waals surface area contributed by atoms with Gasteiger partial charge in [-0.1, -0.05) is 36.7 Å². The van der Waals surface area contributed by atoms with Gasteiger partial charge >= 0.3 is 5.69 Å². The lowest BCUT2D eigenvalue weighted by molar-refractivity contribution is 0.229. The van der Waals surface area contributed by atoms with E-state index in [0.29, 0.717) is 12.5 Å². The molecule has 1 aliphatic heterocycles. The Labute approximate surface area is 117 Å². The summed E-state index contributed by atoms with van der Waals surface area (Å²) in [7, 11) is 0. The van der Waals surface area contributed by atoms with Crippen molar-refractivity contribution in [2.24, 2.45) is 11.3 Å². The third-order valence-corrected chi connectivity index (χ3v) is 4.62. The molecular formula is C13H22BrN3O. The zero-order chi connectivity index (χ0) is 13.3. The molecule has 18 heavy (non-hydrogen) atoms. The number of aryl methyl sites for hydroxylation is 1. The number of hydrogen-bond donors (Lipinski definition) is 0. The van der Waals surface area contributed by atoms with Crippen LogP contribution in [0.2, 0.25) is 0 Å². The maximum Gasteiger partial charge on any atom is 0.345 e. The maximum atomic E-state index is 12.2. The smallest absolute Gasteiger partial charge is 0.279 e. The molecule has 0 saturated carbocycles. The van der Waals surface area contributed by atoms with Crippen molar-refractivity contribution in [2.45, 2.75) is 53.1 Å². The zero-order valence-corrected chi connectivity index (χ0v) is 13.0. The van der Waals surface area contributed by atoms with E-state index in [0.717, 1.165) is 37.0 Å². The molecule has 0 radical (unpaired) electrons. The Balaban J connectivity index is 2.24. The summed E-state index contributed by atoms with van der Waals surface area (Å²) in [6.45, 7) is 8.16. The van der Waals surface area contributed by atoms with Crippen LogP contribution in [0.15, 0.2) is 4.79 Å². The van der Waals surface area contributed by atoms with Crippen LogP contribution in [0.3, 0.4) is 0 Å². The minimum Gasteiger partial charge on any atom is -0.279 e. The molecule has 102 valence electrons. The van der Waals surface area contributed by atoms with Crippen molar-refractivity contribution >= 4 is 15.9 Å². The summed E-state index contributed by atoms with van der Waals surface area (Å²) in [4.78, 5) is 12.2. The van der Waals surface area contributed by atoms with Crippen molar-refractivity contribution in [1.82, 2.24) is 14.3 Å². The highest BCUT2D eigenvalue weighted by atomic mass is 79.9. The Kier molecular flexibility index (Phi) is 3.99. The topological polar surface area (TPSA) is 39.8 Å². The average molecular weight is 316 g/mol. The van der Waals surface area contributed by atoms with Gasteiger partial charge in [0.15, 0.2) is 0 Å². The van der Waals surface area contributed by atoms with E-state index in [4.69, 9.17) is 0 Å². The largest absolute Gasteiger partial charge is 0.345 e. The van der Waals surface area contributed by atoms with E-state index in [2.05, 4.69) is 41.8 Å². The first-order valence-corrected chi connectivity index (χ1v) is 7.78. The summed E-state index contributed by atoms with van der Waals surface area (Å²) in [6, 6.07) is 0. The van der Waals surface area contributed by atoms with E-state index in [1.54, 1.807) is 4.68 Å². The van der Waals surface area contributed by atoms with Crippen LogP contribution in [-0.4, -0.2) is 19.7 Å². The summed E-state index contributed by atoms with van der Waals surface area (Å²) >= 11 is 3.56. The SMILES string of the molecule is CC(C)(C)C(CBr)Cn1nc2n(c1=O)CCCC2. The molecule has 2 heterocycles. The van der Waals surface area contributed by atoms with Crippen LogP contribution < -0.4 is 5.69 Å². The van der Waals surface area contributed by atoms with Crippen LogP contribution in [-0.2, 0) is 19.5 Å². The van der Waals surface area contributed by atoms with Crippen LogP contribution in [0.5, 0.6) is 0 Å².